The molecule has 0 amide bonds. The van der Waals surface area contributed by atoms with E-state index in [4.69, 9.17) is 39.5 Å². The fourth-order valence-corrected chi connectivity index (χ4v) is 3.34. The fraction of sp³-hybridized carbons (Fsp3) is 0.200. The maximum absolute atomic E-state index is 12.5. The molecule has 0 aliphatic rings. The van der Waals surface area contributed by atoms with E-state index in [-0.39, 0.29) is 5.69 Å². The van der Waals surface area contributed by atoms with Gasteiger partial charge in [-0.15, -0.1) is 0 Å². The molecule has 0 aliphatic heterocycles. The smallest absolute Gasteiger partial charge is 0.359 e. The number of hydrogen-bond donors (Lipinski definition) is 0. The molecule has 3 aromatic rings. The van der Waals surface area contributed by atoms with Gasteiger partial charge >= 0.3 is 5.97 Å². The van der Waals surface area contributed by atoms with Crippen LogP contribution in [0.15, 0.2) is 42.5 Å². The molecule has 0 saturated carbocycles. The summed E-state index contributed by atoms with van der Waals surface area (Å²) in [4.78, 5) is 12.5. The van der Waals surface area contributed by atoms with Crippen molar-refractivity contribution in [3.05, 3.63) is 68.8 Å². The second-order valence-electron chi connectivity index (χ2n) is 5.97. The van der Waals surface area contributed by atoms with Gasteiger partial charge in [-0.25, -0.2) is 9.48 Å². The van der Waals surface area contributed by atoms with Gasteiger partial charge in [0.05, 0.1) is 23.0 Å². The SMILES string of the molecule is CCCOC(=O)c1nn(-c2ccc(Cl)cc2Cl)c(-c2ccc(Cl)cc2)c1C. The maximum Gasteiger partial charge on any atom is 0.359 e. The fourth-order valence-electron chi connectivity index (χ4n) is 2.73. The third-order valence-electron chi connectivity index (χ3n) is 4.01. The number of ether oxygens (including phenoxy) is 1. The highest BCUT2D eigenvalue weighted by atomic mass is 35.5. The van der Waals surface area contributed by atoms with E-state index < -0.39 is 5.97 Å². The van der Waals surface area contributed by atoms with Gasteiger partial charge in [0.15, 0.2) is 5.69 Å². The Morgan fingerprint density at radius 1 is 1.07 bits per heavy atom. The minimum absolute atomic E-state index is 0.249. The van der Waals surface area contributed by atoms with Gasteiger partial charge < -0.3 is 4.74 Å². The Labute approximate surface area is 172 Å². The van der Waals surface area contributed by atoms with Crippen molar-refractivity contribution in [3.8, 4) is 16.9 Å². The van der Waals surface area contributed by atoms with Crippen LogP contribution in [0.25, 0.3) is 16.9 Å². The first-order chi connectivity index (χ1) is 12.9. The van der Waals surface area contributed by atoms with Gasteiger partial charge in [-0.3, -0.25) is 0 Å². The summed E-state index contributed by atoms with van der Waals surface area (Å²) in [6, 6.07) is 12.4. The zero-order valence-corrected chi connectivity index (χ0v) is 17.1. The molecule has 2 aromatic carbocycles. The average molecular weight is 424 g/mol. The van der Waals surface area contributed by atoms with Crippen LogP contribution in [0.2, 0.25) is 15.1 Å². The van der Waals surface area contributed by atoms with E-state index in [0.717, 1.165) is 17.7 Å². The van der Waals surface area contributed by atoms with E-state index in [2.05, 4.69) is 5.10 Å². The lowest BCUT2D eigenvalue weighted by molar-refractivity contribution is 0.0497. The molecule has 0 fully saturated rings. The number of carbonyl (C=O) groups is 1. The molecule has 1 heterocycles. The van der Waals surface area contributed by atoms with Crippen LogP contribution in [0, 0.1) is 6.92 Å². The Bertz CT molecular complexity index is 982. The van der Waals surface area contributed by atoms with E-state index in [0.29, 0.717) is 32.9 Å². The van der Waals surface area contributed by atoms with E-state index in [1.54, 1.807) is 35.0 Å². The number of esters is 1. The molecule has 140 valence electrons. The van der Waals surface area contributed by atoms with Crippen molar-refractivity contribution in [2.24, 2.45) is 0 Å². The second-order valence-corrected chi connectivity index (χ2v) is 7.25. The van der Waals surface area contributed by atoms with Crippen molar-refractivity contribution < 1.29 is 9.53 Å². The maximum atomic E-state index is 12.5. The van der Waals surface area contributed by atoms with Crippen LogP contribution in [0.5, 0.6) is 0 Å². The number of benzene rings is 2. The molecule has 0 bridgehead atoms. The quantitative estimate of drug-likeness (QED) is 0.447. The zero-order valence-electron chi connectivity index (χ0n) is 14.8. The van der Waals surface area contributed by atoms with Gasteiger partial charge in [-0.1, -0.05) is 53.9 Å². The third-order valence-corrected chi connectivity index (χ3v) is 4.80. The van der Waals surface area contributed by atoms with Crippen molar-refractivity contribution in [1.82, 2.24) is 9.78 Å². The van der Waals surface area contributed by atoms with Crippen LogP contribution in [-0.4, -0.2) is 22.4 Å². The van der Waals surface area contributed by atoms with Crippen molar-refractivity contribution in [2.75, 3.05) is 6.61 Å². The summed E-state index contributed by atoms with van der Waals surface area (Å²) < 4.78 is 6.92. The molecule has 0 saturated heterocycles. The lowest BCUT2D eigenvalue weighted by Gasteiger charge is -2.11. The zero-order chi connectivity index (χ0) is 19.6. The van der Waals surface area contributed by atoms with Crippen LogP contribution >= 0.6 is 34.8 Å². The van der Waals surface area contributed by atoms with Crippen molar-refractivity contribution in [2.45, 2.75) is 20.3 Å². The molecule has 3 rings (SSSR count). The van der Waals surface area contributed by atoms with Crippen molar-refractivity contribution >= 4 is 40.8 Å². The number of rotatable bonds is 5. The Morgan fingerprint density at radius 3 is 2.37 bits per heavy atom. The first kappa shape index (κ1) is 19.7. The summed E-state index contributed by atoms with van der Waals surface area (Å²) in [7, 11) is 0. The first-order valence-electron chi connectivity index (χ1n) is 8.40. The highest BCUT2D eigenvalue weighted by Gasteiger charge is 2.24. The summed E-state index contributed by atoms with van der Waals surface area (Å²) in [6.07, 6.45) is 0.735. The van der Waals surface area contributed by atoms with Gasteiger partial charge in [0.25, 0.3) is 0 Å². The summed E-state index contributed by atoms with van der Waals surface area (Å²) >= 11 is 18.4. The van der Waals surface area contributed by atoms with Crippen LogP contribution in [-0.2, 0) is 4.74 Å². The number of nitrogens with zero attached hydrogens (tertiary/aromatic N) is 2. The third kappa shape index (κ3) is 4.13. The lowest BCUT2D eigenvalue weighted by Crippen LogP contribution is -2.09. The predicted molar refractivity (Wildman–Crippen MR) is 109 cm³/mol. The Hall–Kier alpha value is -2.01. The summed E-state index contributed by atoms with van der Waals surface area (Å²) in [6.45, 7) is 4.11. The minimum atomic E-state index is -0.464. The Kier molecular flexibility index (Phi) is 6.10. The molecular formula is C20H17Cl3N2O2. The van der Waals surface area contributed by atoms with Crippen LogP contribution in [0.4, 0.5) is 0 Å². The lowest BCUT2D eigenvalue weighted by atomic mass is 10.1. The minimum Gasteiger partial charge on any atom is -0.461 e. The van der Waals surface area contributed by atoms with Gasteiger partial charge in [-0.05, 0) is 43.7 Å². The molecule has 0 aliphatic carbocycles. The molecule has 0 radical (unpaired) electrons. The highest BCUT2D eigenvalue weighted by molar-refractivity contribution is 6.35. The highest BCUT2D eigenvalue weighted by Crippen LogP contribution is 2.33. The number of halogens is 3. The van der Waals surface area contributed by atoms with Crippen molar-refractivity contribution in [3.63, 3.8) is 0 Å². The van der Waals surface area contributed by atoms with Crippen LogP contribution in [0.3, 0.4) is 0 Å². The van der Waals surface area contributed by atoms with Crippen LogP contribution in [0.1, 0.15) is 29.4 Å². The molecule has 0 atom stereocenters. The average Bonchev–Trinajstić information content (AvgIpc) is 2.97. The molecule has 0 unspecified atom stereocenters. The topological polar surface area (TPSA) is 44.1 Å². The molecular weight excluding hydrogens is 407 g/mol. The largest absolute Gasteiger partial charge is 0.461 e. The number of carbonyl (C=O) groups excluding carboxylic acids is 1. The molecule has 4 nitrogen and oxygen atoms in total. The Morgan fingerprint density at radius 2 is 1.74 bits per heavy atom. The van der Waals surface area contributed by atoms with Crippen LogP contribution < -0.4 is 0 Å². The molecule has 27 heavy (non-hydrogen) atoms. The van der Waals surface area contributed by atoms with Crippen molar-refractivity contribution in [1.29, 1.82) is 0 Å². The normalized spacial score (nSPS) is 10.9. The summed E-state index contributed by atoms with van der Waals surface area (Å²) in [5.41, 5.74) is 3.15. The predicted octanol–water partition coefficient (Wildman–Crippen LogP) is 6.37. The molecule has 1 aromatic heterocycles. The number of aromatic nitrogens is 2. The standard InChI is InChI=1S/C20H17Cl3N2O2/c1-3-10-27-20(26)18-12(2)19(13-4-6-14(21)7-5-13)25(24-18)17-9-8-15(22)11-16(17)23/h4-9,11H,3,10H2,1-2H3. The van der Waals surface area contributed by atoms with Gasteiger partial charge in [0, 0.05) is 21.2 Å². The van der Waals surface area contributed by atoms with E-state index in [1.807, 2.05) is 26.0 Å². The van der Waals surface area contributed by atoms with Gasteiger partial charge in [0.1, 0.15) is 0 Å². The molecule has 0 spiro atoms. The monoisotopic (exact) mass is 422 g/mol. The number of hydrogen-bond acceptors (Lipinski definition) is 3. The second kappa shape index (κ2) is 8.34. The molecule has 0 N–H and O–H groups in total. The molecule has 7 heteroatoms. The van der Waals surface area contributed by atoms with E-state index >= 15 is 0 Å². The summed E-state index contributed by atoms with van der Waals surface area (Å²) in [5.74, 6) is -0.464. The van der Waals surface area contributed by atoms with Gasteiger partial charge in [0.2, 0.25) is 0 Å². The summed E-state index contributed by atoms with van der Waals surface area (Å²) in [5, 5.41) is 6.07. The Balaban J connectivity index is 2.21. The first-order valence-corrected chi connectivity index (χ1v) is 9.54. The van der Waals surface area contributed by atoms with Gasteiger partial charge in [-0.2, -0.15) is 5.10 Å². The van der Waals surface area contributed by atoms with E-state index in [9.17, 15) is 4.79 Å². The van der Waals surface area contributed by atoms with E-state index in [1.165, 1.54) is 0 Å².